The lowest BCUT2D eigenvalue weighted by Crippen LogP contribution is -2.32. The van der Waals surface area contributed by atoms with Crippen LogP contribution in [-0.2, 0) is 14.8 Å². The van der Waals surface area contributed by atoms with Gasteiger partial charge in [0.15, 0.2) is 0 Å². The number of ether oxygens (including phenoxy) is 1. The van der Waals surface area contributed by atoms with E-state index in [0.717, 1.165) is 0 Å². The maximum absolute atomic E-state index is 12.2. The summed E-state index contributed by atoms with van der Waals surface area (Å²) in [7, 11) is -3.77. The molecule has 0 aliphatic heterocycles. The topological polar surface area (TPSA) is 84.5 Å². The molecule has 0 spiro atoms. The monoisotopic (exact) mass is 368 g/mol. The first kappa shape index (κ1) is 18.3. The van der Waals surface area contributed by atoms with Crippen molar-refractivity contribution in [3.63, 3.8) is 0 Å². The van der Waals surface area contributed by atoms with Gasteiger partial charge in [-0.25, -0.2) is 13.1 Å². The number of benzene rings is 2. The minimum Gasteiger partial charge on any atom is -0.494 e. The van der Waals surface area contributed by atoms with E-state index in [9.17, 15) is 13.2 Å². The molecule has 0 heterocycles. The Hall–Kier alpha value is -2.09. The standard InChI is InChI=1S/C16H17ClN2O4S/c1-2-23-14-7-9-15(10-8-14)24(21,22)18-11-16(20)19-13-5-3-12(17)4-6-13/h3-10,18H,2,11H2,1H3,(H,19,20). The minimum atomic E-state index is -3.77. The zero-order chi connectivity index (χ0) is 17.6. The van der Waals surface area contributed by atoms with Gasteiger partial charge >= 0.3 is 0 Å². The second kappa shape index (κ2) is 8.14. The number of nitrogens with one attached hydrogen (secondary N) is 2. The number of carbonyl (C=O) groups excluding carboxylic acids is 1. The van der Waals surface area contributed by atoms with Crippen LogP contribution in [0.15, 0.2) is 53.4 Å². The molecule has 2 aromatic carbocycles. The Labute approximate surface area is 145 Å². The molecule has 0 aromatic heterocycles. The molecule has 2 rings (SSSR count). The summed E-state index contributed by atoms with van der Waals surface area (Å²) in [4.78, 5) is 11.9. The number of hydrogen-bond donors (Lipinski definition) is 2. The SMILES string of the molecule is CCOc1ccc(S(=O)(=O)NCC(=O)Nc2ccc(Cl)cc2)cc1. The summed E-state index contributed by atoms with van der Waals surface area (Å²) in [5.74, 6) is 0.101. The fourth-order valence-corrected chi connectivity index (χ4v) is 2.97. The van der Waals surface area contributed by atoms with Crippen molar-refractivity contribution in [2.45, 2.75) is 11.8 Å². The second-order valence-electron chi connectivity index (χ2n) is 4.78. The average Bonchev–Trinajstić information content (AvgIpc) is 2.56. The van der Waals surface area contributed by atoms with Crippen LogP contribution in [0.3, 0.4) is 0 Å². The number of halogens is 1. The number of hydrogen-bond acceptors (Lipinski definition) is 4. The highest BCUT2D eigenvalue weighted by Gasteiger charge is 2.15. The summed E-state index contributed by atoms with van der Waals surface area (Å²) in [5, 5.41) is 3.12. The van der Waals surface area contributed by atoms with Gasteiger partial charge in [0.25, 0.3) is 0 Å². The van der Waals surface area contributed by atoms with Crippen molar-refractivity contribution in [1.29, 1.82) is 0 Å². The Morgan fingerprint density at radius 1 is 1.08 bits per heavy atom. The lowest BCUT2D eigenvalue weighted by Gasteiger charge is -2.09. The van der Waals surface area contributed by atoms with Crippen molar-refractivity contribution in [3.05, 3.63) is 53.6 Å². The highest BCUT2D eigenvalue weighted by Crippen LogP contribution is 2.16. The number of sulfonamides is 1. The van der Waals surface area contributed by atoms with Crippen LogP contribution in [-0.4, -0.2) is 27.5 Å². The molecular formula is C16H17ClN2O4S. The third kappa shape index (κ3) is 5.23. The van der Waals surface area contributed by atoms with E-state index in [-0.39, 0.29) is 11.4 Å². The summed E-state index contributed by atoms with van der Waals surface area (Å²) < 4.78 is 31.8. The van der Waals surface area contributed by atoms with Gasteiger partial charge in [-0.3, -0.25) is 4.79 Å². The highest BCUT2D eigenvalue weighted by atomic mass is 35.5. The maximum Gasteiger partial charge on any atom is 0.241 e. The maximum atomic E-state index is 12.2. The summed E-state index contributed by atoms with van der Waals surface area (Å²) in [6, 6.07) is 12.5. The van der Waals surface area contributed by atoms with Gasteiger partial charge in [-0.2, -0.15) is 0 Å². The van der Waals surface area contributed by atoms with E-state index in [1.807, 2.05) is 6.92 Å². The zero-order valence-corrected chi connectivity index (χ0v) is 14.5. The first-order valence-corrected chi connectivity index (χ1v) is 9.05. The molecule has 0 saturated carbocycles. The zero-order valence-electron chi connectivity index (χ0n) is 13.0. The molecule has 2 N–H and O–H groups in total. The van der Waals surface area contributed by atoms with Gasteiger partial charge in [-0.15, -0.1) is 0 Å². The molecule has 0 unspecified atom stereocenters. The fraction of sp³-hybridized carbons (Fsp3) is 0.188. The van der Waals surface area contributed by atoms with Crippen LogP contribution < -0.4 is 14.8 Å². The van der Waals surface area contributed by atoms with Crippen LogP contribution in [0.5, 0.6) is 5.75 Å². The normalized spacial score (nSPS) is 11.1. The second-order valence-corrected chi connectivity index (χ2v) is 6.99. The van der Waals surface area contributed by atoms with Crippen molar-refractivity contribution >= 4 is 33.2 Å². The Balaban J connectivity index is 1.93. The molecule has 128 valence electrons. The molecule has 1 amide bonds. The Morgan fingerprint density at radius 2 is 1.71 bits per heavy atom. The third-order valence-corrected chi connectivity index (χ3v) is 4.66. The molecule has 2 aromatic rings. The molecule has 24 heavy (non-hydrogen) atoms. The van der Waals surface area contributed by atoms with Crippen LogP contribution in [0.25, 0.3) is 0 Å². The number of amides is 1. The van der Waals surface area contributed by atoms with E-state index in [1.54, 1.807) is 36.4 Å². The Morgan fingerprint density at radius 3 is 2.29 bits per heavy atom. The Kier molecular flexibility index (Phi) is 6.19. The minimum absolute atomic E-state index is 0.0604. The molecule has 0 aliphatic carbocycles. The van der Waals surface area contributed by atoms with Gasteiger partial charge in [-0.1, -0.05) is 11.6 Å². The van der Waals surface area contributed by atoms with Crippen molar-refractivity contribution in [2.75, 3.05) is 18.5 Å². The predicted molar refractivity (Wildman–Crippen MR) is 92.9 cm³/mol. The van der Waals surface area contributed by atoms with Crippen molar-refractivity contribution in [2.24, 2.45) is 0 Å². The first-order chi connectivity index (χ1) is 11.4. The van der Waals surface area contributed by atoms with Gasteiger partial charge in [0.2, 0.25) is 15.9 Å². The van der Waals surface area contributed by atoms with Crippen LogP contribution in [0.1, 0.15) is 6.92 Å². The molecule has 8 heteroatoms. The van der Waals surface area contributed by atoms with Crippen molar-refractivity contribution < 1.29 is 17.9 Å². The molecule has 0 saturated heterocycles. The van der Waals surface area contributed by atoms with E-state index < -0.39 is 15.9 Å². The van der Waals surface area contributed by atoms with E-state index in [0.29, 0.717) is 23.1 Å². The van der Waals surface area contributed by atoms with Gasteiger partial charge < -0.3 is 10.1 Å². The molecule has 0 fully saturated rings. The van der Waals surface area contributed by atoms with E-state index in [2.05, 4.69) is 10.0 Å². The Bertz CT molecular complexity index is 790. The molecule has 0 bridgehead atoms. The van der Waals surface area contributed by atoms with E-state index in [1.165, 1.54) is 12.1 Å². The molecule has 0 aliphatic rings. The average molecular weight is 369 g/mol. The summed E-state index contributed by atoms with van der Waals surface area (Å²) in [5.41, 5.74) is 0.532. The number of anilines is 1. The molecule has 6 nitrogen and oxygen atoms in total. The smallest absolute Gasteiger partial charge is 0.241 e. The molecular weight excluding hydrogens is 352 g/mol. The quantitative estimate of drug-likeness (QED) is 0.786. The summed E-state index contributed by atoms with van der Waals surface area (Å²) >= 11 is 5.75. The number of carbonyl (C=O) groups is 1. The van der Waals surface area contributed by atoms with Crippen molar-refractivity contribution in [3.8, 4) is 5.75 Å². The van der Waals surface area contributed by atoms with Crippen LogP contribution >= 0.6 is 11.6 Å². The van der Waals surface area contributed by atoms with Crippen LogP contribution in [0.4, 0.5) is 5.69 Å². The molecule has 0 radical (unpaired) electrons. The van der Waals surface area contributed by atoms with Crippen LogP contribution in [0, 0.1) is 0 Å². The fourth-order valence-electron chi connectivity index (χ4n) is 1.86. The van der Waals surface area contributed by atoms with Gasteiger partial charge in [-0.05, 0) is 55.5 Å². The largest absolute Gasteiger partial charge is 0.494 e. The van der Waals surface area contributed by atoms with E-state index in [4.69, 9.17) is 16.3 Å². The summed E-state index contributed by atoms with van der Waals surface area (Å²) in [6.07, 6.45) is 0. The lowest BCUT2D eigenvalue weighted by molar-refractivity contribution is -0.115. The van der Waals surface area contributed by atoms with Gasteiger partial charge in [0.05, 0.1) is 18.0 Å². The van der Waals surface area contributed by atoms with E-state index >= 15 is 0 Å². The third-order valence-electron chi connectivity index (χ3n) is 3.00. The predicted octanol–water partition coefficient (Wildman–Crippen LogP) is 2.66. The van der Waals surface area contributed by atoms with Gasteiger partial charge in [0, 0.05) is 10.7 Å². The number of rotatable bonds is 7. The van der Waals surface area contributed by atoms with Gasteiger partial charge in [0.1, 0.15) is 5.75 Å². The lowest BCUT2D eigenvalue weighted by atomic mass is 10.3. The summed E-state index contributed by atoms with van der Waals surface area (Å²) in [6.45, 7) is 1.96. The van der Waals surface area contributed by atoms with Crippen LogP contribution in [0.2, 0.25) is 5.02 Å². The molecule has 0 atom stereocenters. The van der Waals surface area contributed by atoms with Crippen molar-refractivity contribution in [1.82, 2.24) is 4.72 Å². The highest BCUT2D eigenvalue weighted by molar-refractivity contribution is 7.89. The first-order valence-electron chi connectivity index (χ1n) is 7.18.